The molecule has 1 atom stereocenters. The molecule has 4 amide bonds. The Morgan fingerprint density at radius 3 is 2.57 bits per heavy atom. The summed E-state index contributed by atoms with van der Waals surface area (Å²) in [5.74, 6) is -0.201. The molecular weight excluding hydrogens is 382 g/mol. The fourth-order valence-electron chi connectivity index (χ4n) is 4.04. The molecule has 30 heavy (non-hydrogen) atoms. The van der Waals surface area contributed by atoms with E-state index in [1.807, 2.05) is 42.5 Å². The van der Waals surface area contributed by atoms with Crippen molar-refractivity contribution in [1.29, 1.82) is 0 Å². The van der Waals surface area contributed by atoms with E-state index in [4.69, 9.17) is 0 Å². The van der Waals surface area contributed by atoms with Crippen molar-refractivity contribution in [1.82, 2.24) is 25.8 Å². The third-order valence-electron chi connectivity index (χ3n) is 5.66. The average molecular weight is 407 g/mol. The number of hydrogen-bond acceptors (Lipinski definition) is 4. The summed E-state index contributed by atoms with van der Waals surface area (Å²) in [4.78, 5) is 42.9. The highest BCUT2D eigenvalue weighted by molar-refractivity contribution is 5.93. The van der Waals surface area contributed by atoms with Crippen LogP contribution in [0.2, 0.25) is 0 Å². The van der Waals surface area contributed by atoms with Gasteiger partial charge in [-0.25, -0.2) is 4.79 Å². The van der Waals surface area contributed by atoms with E-state index < -0.39 is 11.5 Å². The van der Waals surface area contributed by atoms with Gasteiger partial charge in [0.05, 0.1) is 5.41 Å². The molecule has 0 saturated carbocycles. The number of nitrogens with one attached hydrogen (secondary N) is 3. The predicted molar refractivity (Wildman–Crippen MR) is 110 cm³/mol. The summed E-state index contributed by atoms with van der Waals surface area (Å²) in [6, 6.07) is 12.8. The Bertz CT molecular complexity index is 913. The molecule has 1 aromatic heterocycles. The lowest BCUT2D eigenvalue weighted by atomic mass is 9.73. The fraction of sp³-hybridized carbons (Fsp3) is 0.364. The molecule has 0 bridgehead atoms. The van der Waals surface area contributed by atoms with Crippen LogP contribution in [0.1, 0.15) is 11.1 Å². The molecule has 156 valence electrons. The predicted octanol–water partition coefficient (Wildman–Crippen LogP) is 0.493. The minimum atomic E-state index is -0.665. The zero-order valence-electron chi connectivity index (χ0n) is 16.6. The number of benzene rings is 1. The van der Waals surface area contributed by atoms with E-state index in [0.29, 0.717) is 32.5 Å². The van der Waals surface area contributed by atoms with Gasteiger partial charge in [0.25, 0.3) is 0 Å². The lowest BCUT2D eigenvalue weighted by Crippen LogP contribution is -2.67. The van der Waals surface area contributed by atoms with Crippen LogP contribution in [0.25, 0.3) is 0 Å². The molecule has 2 aromatic rings. The van der Waals surface area contributed by atoms with Gasteiger partial charge in [-0.3, -0.25) is 14.6 Å². The standard InChI is InChI=1S/C22H25N5O3/c28-19(18-13-25-21(30)26-18)27-14-22(15-27,11-16-5-2-1-3-6-16)20(29)24-10-8-17-7-4-9-23-12-17/h1-7,9,12,18H,8,10-11,13-15H2,(H,24,29)(H2,25,26,30). The monoisotopic (exact) mass is 407 g/mol. The Morgan fingerprint density at radius 1 is 1.13 bits per heavy atom. The summed E-state index contributed by atoms with van der Waals surface area (Å²) < 4.78 is 0. The van der Waals surface area contributed by atoms with Crippen molar-refractivity contribution in [3.8, 4) is 0 Å². The Hall–Kier alpha value is -3.42. The first-order valence-corrected chi connectivity index (χ1v) is 10.1. The topological polar surface area (TPSA) is 103 Å². The molecule has 2 aliphatic heterocycles. The minimum absolute atomic E-state index is 0.0483. The molecular formula is C22H25N5O3. The van der Waals surface area contributed by atoms with Gasteiger partial charge in [0, 0.05) is 38.6 Å². The third-order valence-corrected chi connectivity index (χ3v) is 5.66. The molecule has 4 rings (SSSR count). The Kier molecular flexibility index (Phi) is 5.65. The second kappa shape index (κ2) is 8.52. The highest BCUT2D eigenvalue weighted by Gasteiger charge is 2.52. The number of carbonyl (C=O) groups excluding carboxylic acids is 3. The van der Waals surface area contributed by atoms with E-state index in [1.54, 1.807) is 17.3 Å². The summed E-state index contributed by atoms with van der Waals surface area (Å²) in [6.45, 7) is 1.46. The molecule has 2 saturated heterocycles. The molecule has 1 unspecified atom stereocenters. The largest absolute Gasteiger partial charge is 0.355 e. The normalized spacial score (nSPS) is 19.4. The Labute approximate surface area is 175 Å². The van der Waals surface area contributed by atoms with Crippen LogP contribution < -0.4 is 16.0 Å². The van der Waals surface area contributed by atoms with Gasteiger partial charge in [0.1, 0.15) is 6.04 Å². The van der Waals surface area contributed by atoms with Crippen LogP contribution in [-0.4, -0.2) is 60.0 Å². The van der Waals surface area contributed by atoms with Crippen LogP contribution in [0.5, 0.6) is 0 Å². The van der Waals surface area contributed by atoms with Gasteiger partial charge in [-0.15, -0.1) is 0 Å². The second-order valence-corrected chi connectivity index (χ2v) is 7.91. The number of amides is 4. The van der Waals surface area contributed by atoms with Crippen LogP contribution in [0, 0.1) is 5.41 Å². The lowest BCUT2D eigenvalue weighted by Gasteiger charge is -2.49. The maximum absolute atomic E-state index is 13.1. The molecule has 8 heteroatoms. The maximum atomic E-state index is 13.1. The number of pyridine rings is 1. The van der Waals surface area contributed by atoms with Gasteiger partial charge in [0.2, 0.25) is 11.8 Å². The summed E-state index contributed by atoms with van der Waals surface area (Å²) in [6.07, 6.45) is 4.77. The number of urea groups is 1. The number of likely N-dealkylation sites (tertiary alicyclic amines) is 1. The smallest absolute Gasteiger partial charge is 0.315 e. The van der Waals surface area contributed by atoms with Crippen LogP contribution in [0.4, 0.5) is 4.79 Å². The Morgan fingerprint density at radius 2 is 1.90 bits per heavy atom. The van der Waals surface area contributed by atoms with Crippen LogP contribution >= 0.6 is 0 Å². The van der Waals surface area contributed by atoms with E-state index in [9.17, 15) is 14.4 Å². The first kappa shape index (κ1) is 19.9. The molecule has 3 heterocycles. The van der Waals surface area contributed by atoms with Crippen molar-refractivity contribution in [2.24, 2.45) is 5.41 Å². The van der Waals surface area contributed by atoms with Crippen LogP contribution in [0.3, 0.4) is 0 Å². The average Bonchev–Trinajstić information content (AvgIpc) is 3.18. The maximum Gasteiger partial charge on any atom is 0.315 e. The van der Waals surface area contributed by atoms with Crippen molar-refractivity contribution in [2.45, 2.75) is 18.9 Å². The van der Waals surface area contributed by atoms with E-state index in [0.717, 1.165) is 11.1 Å². The summed E-state index contributed by atoms with van der Waals surface area (Å²) in [5, 5.41) is 8.26. The highest BCUT2D eigenvalue weighted by atomic mass is 16.2. The van der Waals surface area contributed by atoms with Gasteiger partial charge < -0.3 is 20.9 Å². The Balaban J connectivity index is 1.40. The minimum Gasteiger partial charge on any atom is -0.355 e. The highest BCUT2D eigenvalue weighted by Crippen LogP contribution is 2.35. The first-order chi connectivity index (χ1) is 14.6. The molecule has 3 N–H and O–H groups in total. The molecule has 0 aliphatic carbocycles. The van der Waals surface area contributed by atoms with Crippen molar-refractivity contribution < 1.29 is 14.4 Å². The lowest BCUT2D eigenvalue weighted by molar-refractivity contribution is -0.154. The quantitative estimate of drug-likeness (QED) is 0.622. The molecule has 8 nitrogen and oxygen atoms in total. The van der Waals surface area contributed by atoms with Crippen molar-refractivity contribution in [3.05, 3.63) is 66.0 Å². The number of nitrogens with zero attached hydrogens (tertiary/aromatic N) is 2. The molecule has 0 radical (unpaired) electrons. The van der Waals surface area contributed by atoms with E-state index in [1.165, 1.54) is 0 Å². The molecule has 2 aliphatic rings. The number of aromatic nitrogens is 1. The second-order valence-electron chi connectivity index (χ2n) is 7.91. The van der Waals surface area contributed by atoms with Gasteiger partial charge in [-0.1, -0.05) is 36.4 Å². The molecule has 1 aromatic carbocycles. The van der Waals surface area contributed by atoms with Gasteiger partial charge >= 0.3 is 6.03 Å². The number of carbonyl (C=O) groups is 3. The summed E-state index contributed by atoms with van der Waals surface area (Å²) >= 11 is 0. The van der Waals surface area contributed by atoms with Crippen LogP contribution in [0.15, 0.2) is 54.9 Å². The van der Waals surface area contributed by atoms with Crippen LogP contribution in [-0.2, 0) is 22.4 Å². The van der Waals surface area contributed by atoms with Crippen molar-refractivity contribution >= 4 is 17.8 Å². The summed E-state index contributed by atoms with van der Waals surface area (Å²) in [5.41, 5.74) is 1.45. The van der Waals surface area contributed by atoms with Crippen molar-refractivity contribution in [3.63, 3.8) is 0 Å². The number of rotatable bonds is 7. The third kappa shape index (κ3) is 4.27. The van der Waals surface area contributed by atoms with Crippen molar-refractivity contribution in [2.75, 3.05) is 26.2 Å². The number of hydrogen-bond donors (Lipinski definition) is 3. The molecule has 0 spiro atoms. The van der Waals surface area contributed by atoms with Gasteiger partial charge in [-0.2, -0.15) is 0 Å². The molecule has 2 fully saturated rings. The van der Waals surface area contributed by atoms with Gasteiger partial charge in [0.15, 0.2) is 0 Å². The zero-order chi connectivity index (χ0) is 21.0. The van der Waals surface area contributed by atoms with E-state index in [-0.39, 0.29) is 24.4 Å². The SMILES string of the molecule is O=C1NCC(C(=O)N2CC(Cc3ccccc3)(C(=O)NCCc3cccnc3)C2)N1. The first-order valence-electron chi connectivity index (χ1n) is 10.1. The van der Waals surface area contributed by atoms with Gasteiger partial charge in [-0.05, 0) is 30.0 Å². The zero-order valence-corrected chi connectivity index (χ0v) is 16.6. The summed E-state index contributed by atoms with van der Waals surface area (Å²) in [7, 11) is 0. The van der Waals surface area contributed by atoms with E-state index in [2.05, 4.69) is 20.9 Å². The fourth-order valence-corrected chi connectivity index (χ4v) is 4.04. The van der Waals surface area contributed by atoms with E-state index >= 15 is 0 Å².